The topological polar surface area (TPSA) is 79.2 Å². The van der Waals surface area contributed by atoms with Crippen molar-refractivity contribution >= 4 is 29.2 Å². The predicted molar refractivity (Wildman–Crippen MR) is 193 cm³/mol. The number of hydrogen-bond acceptors (Lipinski definition) is 5. The summed E-state index contributed by atoms with van der Waals surface area (Å²) in [6.45, 7) is 3.25. The number of aryl methyl sites for hydroxylation is 1. The Morgan fingerprint density at radius 2 is 1.12 bits per heavy atom. The molecule has 0 spiro atoms. The van der Waals surface area contributed by atoms with E-state index in [0.717, 1.165) is 54.1 Å². The van der Waals surface area contributed by atoms with E-state index in [4.69, 9.17) is 37.8 Å². The molecule has 0 aliphatic heterocycles. The number of carboxylic acids is 1. The molecule has 6 nitrogen and oxygen atoms in total. The summed E-state index contributed by atoms with van der Waals surface area (Å²) >= 11 is 9.56. The molecule has 48 heavy (non-hydrogen) atoms. The van der Waals surface area contributed by atoms with Crippen molar-refractivity contribution in [3.63, 3.8) is 0 Å². The first-order chi connectivity index (χ1) is 23.4. The van der Waals surface area contributed by atoms with Gasteiger partial charge in [0.15, 0.2) is 0 Å². The van der Waals surface area contributed by atoms with Crippen molar-refractivity contribution in [3.8, 4) is 11.5 Å². The Morgan fingerprint density at radius 3 is 1.67 bits per heavy atom. The van der Waals surface area contributed by atoms with E-state index >= 15 is 0 Å². The van der Waals surface area contributed by atoms with Crippen molar-refractivity contribution in [2.45, 2.75) is 43.5 Å². The average Bonchev–Trinajstić information content (AvgIpc) is 3.11. The third-order valence-corrected chi connectivity index (χ3v) is 7.82. The van der Waals surface area contributed by atoms with Crippen LogP contribution < -0.4 is 9.47 Å². The van der Waals surface area contributed by atoms with Crippen LogP contribution in [0, 0.1) is 0 Å². The molecule has 5 aromatic carbocycles. The molecule has 0 radical (unpaired) electrons. The molecule has 0 heterocycles. The monoisotopic (exact) mass is 685 g/mol. The van der Waals surface area contributed by atoms with Gasteiger partial charge in [0.25, 0.3) is 0 Å². The van der Waals surface area contributed by atoms with Gasteiger partial charge in [0.1, 0.15) is 24.7 Å². The molecule has 0 aliphatic carbocycles. The van der Waals surface area contributed by atoms with Crippen molar-refractivity contribution in [1.29, 1.82) is 0 Å². The largest absolute Gasteiger partial charge is 0.489 e. The summed E-state index contributed by atoms with van der Waals surface area (Å²) in [6.07, 6.45) is 1.29. The molecule has 5 aromatic rings. The number of hydrogen-bond donors (Lipinski definition) is 2. The highest BCUT2D eigenvalue weighted by Gasteiger charge is 2.15. The Kier molecular flexibility index (Phi) is 15.3. The highest BCUT2D eigenvalue weighted by atomic mass is 35.5. The summed E-state index contributed by atoms with van der Waals surface area (Å²) in [4.78, 5) is 10.5. The van der Waals surface area contributed by atoms with Crippen molar-refractivity contribution in [3.05, 3.63) is 167 Å². The van der Waals surface area contributed by atoms with Crippen LogP contribution in [0.3, 0.4) is 0 Å². The zero-order valence-electron chi connectivity index (χ0n) is 26.7. The lowest BCUT2D eigenvalue weighted by Gasteiger charge is -2.26. The standard InChI is InChI=1S/C38H39NO3.C2H2Cl2O2/c40-38(35-21-11-23-37(26-35)42-30-34-17-8-3-9-18-34)28-39(27-32-13-4-1-5-14-32)24-12-20-31-19-10-22-36(25-31)41-29-33-15-6-2-7-16-33;3-1(4)2(5)6/h1-11,13-19,21-23,25-26,38,40H,12,20,24,27-30H2;1H,(H,5,6)/t38-;/m0./s1. The van der Waals surface area contributed by atoms with E-state index in [1.54, 1.807) is 0 Å². The van der Waals surface area contributed by atoms with E-state index < -0.39 is 16.9 Å². The fourth-order valence-corrected chi connectivity index (χ4v) is 5.02. The molecular formula is C40H41Cl2NO5. The molecule has 250 valence electrons. The normalized spacial score (nSPS) is 11.4. The number of ether oxygens (including phenoxy) is 2. The summed E-state index contributed by atoms with van der Waals surface area (Å²) in [5.41, 5.74) is 5.63. The predicted octanol–water partition coefficient (Wildman–Crippen LogP) is 8.89. The van der Waals surface area contributed by atoms with Crippen molar-refractivity contribution < 1.29 is 24.5 Å². The Balaban J connectivity index is 0.000000794. The van der Waals surface area contributed by atoms with Crippen LogP contribution >= 0.6 is 23.2 Å². The van der Waals surface area contributed by atoms with Gasteiger partial charge in [0.05, 0.1) is 6.10 Å². The van der Waals surface area contributed by atoms with Crippen LogP contribution in [0.15, 0.2) is 140 Å². The van der Waals surface area contributed by atoms with E-state index in [1.165, 1.54) is 11.1 Å². The van der Waals surface area contributed by atoms with E-state index in [0.29, 0.717) is 19.8 Å². The van der Waals surface area contributed by atoms with Gasteiger partial charge in [0, 0.05) is 13.1 Å². The molecule has 0 saturated heterocycles. The number of benzene rings is 5. The molecule has 0 fully saturated rings. The minimum atomic E-state index is -1.29. The van der Waals surface area contributed by atoms with Gasteiger partial charge in [-0.05, 0) is 71.5 Å². The van der Waals surface area contributed by atoms with Crippen molar-refractivity contribution in [1.82, 2.24) is 4.90 Å². The van der Waals surface area contributed by atoms with Gasteiger partial charge in [-0.15, -0.1) is 0 Å². The highest BCUT2D eigenvalue weighted by Crippen LogP contribution is 2.23. The maximum Gasteiger partial charge on any atom is 0.337 e. The zero-order chi connectivity index (χ0) is 34.0. The van der Waals surface area contributed by atoms with E-state index in [1.807, 2.05) is 84.9 Å². The lowest BCUT2D eigenvalue weighted by molar-refractivity contribution is -0.135. The van der Waals surface area contributed by atoms with Crippen LogP contribution in [0.1, 0.15) is 40.3 Å². The van der Waals surface area contributed by atoms with Crippen LogP contribution in [0.5, 0.6) is 11.5 Å². The van der Waals surface area contributed by atoms with E-state index in [9.17, 15) is 9.90 Å². The van der Waals surface area contributed by atoms with Crippen molar-refractivity contribution in [2.75, 3.05) is 13.1 Å². The van der Waals surface area contributed by atoms with Gasteiger partial charge in [-0.3, -0.25) is 4.90 Å². The second-order valence-corrected chi connectivity index (χ2v) is 12.3. The SMILES string of the molecule is O=C(O)C(Cl)Cl.O[C@@H](CN(CCCc1cccc(OCc2ccccc2)c1)Cc1ccccc1)c1cccc(OCc2ccccc2)c1. The number of carboxylic acid groups (broad SMARTS) is 1. The van der Waals surface area contributed by atoms with Crippen LogP contribution in [0.2, 0.25) is 0 Å². The number of nitrogens with zero attached hydrogens (tertiary/aromatic N) is 1. The van der Waals surface area contributed by atoms with E-state index in [-0.39, 0.29) is 0 Å². The molecule has 0 saturated carbocycles. The third-order valence-electron chi connectivity index (χ3n) is 7.44. The molecule has 2 N–H and O–H groups in total. The average molecular weight is 687 g/mol. The maximum atomic E-state index is 11.3. The number of alkyl halides is 2. The van der Waals surface area contributed by atoms with Crippen LogP contribution in [0.4, 0.5) is 0 Å². The Labute approximate surface area is 293 Å². The second kappa shape index (κ2) is 20.1. The van der Waals surface area contributed by atoms with Gasteiger partial charge < -0.3 is 19.7 Å². The highest BCUT2D eigenvalue weighted by molar-refractivity contribution is 6.52. The van der Waals surface area contributed by atoms with Crippen LogP contribution in [-0.2, 0) is 31.0 Å². The smallest absolute Gasteiger partial charge is 0.337 e. The molecule has 8 heteroatoms. The van der Waals surface area contributed by atoms with Crippen molar-refractivity contribution in [2.24, 2.45) is 0 Å². The first-order valence-electron chi connectivity index (χ1n) is 15.8. The Bertz CT molecular complexity index is 1640. The number of rotatable bonds is 16. The molecule has 5 rings (SSSR count). The molecule has 0 bridgehead atoms. The first kappa shape index (κ1) is 36.5. The van der Waals surface area contributed by atoms with Gasteiger partial charge in [-0.2, -0.15) is 0 Å². The zero-order valence-corrected chi connectivity index (χ0v) is 28.2. The quantitative estimate of drug-likeness (QED) is 0.101. The Hall–Kier alpha value is -4.33. The third kappa shape index (κ3) is 13.4. The lowest BCUT2D eigenvalue weighted by atomic mass is 10.1. The molecule has 1 atom stereocenters. The molecule has 0 amide bonds. The number of halogens is 2. The van der Waals surface area contributed by atoms with Gasteiger partial charge >= 0.3 is 5.97 Å². The Morgan fingerprint density at radius 1 is 0.646 bits per heavy atom. The summed E-state index contributed by atoms with van der Waals surface area (Å²) in [7, 11) is 0. The number of aliphatic hydroxyl groups is 1. The fraction of sp³-hybridized carbons (Fsp3) is 0.225. The first-order valence-corrected chi connectivity index (χ1v) is 16.7. The second-order valence-electron chi connectivity index (χ2n) is 11.2. The molecule has 0 aliphatic rings. The summed E-state index contributed by atoms with van der Waals surface area (Å²) in [5.74, 6) is 0.444. The lowest BCUT2D eigenvalue weighted by Crippen LogP contribution is -2.29. The summed E-state index contributed by atoms with van der Waals surface area (Å²) in [6, 6.07) is 47.0. The minimum Gasteiger partial charge on any atom is -0.489 e. The number of aliphatic hydroxyl groups excluding tert-OH is 1. The maximum absolute atomic E-state index is 11.3. The summed E-state index contributed by atoms with van der Waals surface area (Å²) in [5, 5.41) is 19.0. The van der Waals surface area contributed by atoms with Gasteiger partial charge in [-0.25, -0.2) is 4.79 Å². The van der Waals surface area contributed by atoms with Crippen LogP contribution in [-0.4, -0.2) is 39.0 Å². The van der Waals surface area contributed by atoms with Gasteiger partial charge in [0.2, 0.25) is 4.84 Å². The minimum absolute atomic E-state index is 0.499. The molecular weight excluding hydrogens is 645 g/mol. The number of aliphatic carboxylic acids is 1. The molecule has 0 aromatic heterocycles. The van der Waals surface area contributed by atoms with Gasteiger partial charge in [-0.1, -0.05) is 138 Å². The number of carbonyl (C=O) groups is 1. The fourth-order valence-electron chi connectivity index (χ4n) is 5.02. The summed E-state index contributed by atoms with van der Waals surface area (Å²) < 4.78 is 12.1. The van der Waals surface area contributed by atoms with Crippen LogP contribution in [0.25, 0.3) is 0 Å². The van der Waals surface area contributed by atoms with E-state index in [2.05, 4.69) is 59.5 Å². The molecule has 0 unspecified atom stereocenters.